The molecule has 142 valence electrons. The van der Waals surface area contributed by atoms with Crippen molar-refractivity contribution in [3.63, 3.8) is 0 Å². The Bertz CT molecular complexity index is 558. The van der Waals surface area contributed by atoms with Gasteiger partial charge >= 0.3 is 5.97 Å². The number of halogens is 1. The fourth-order valence-corrected chi connectivity index (χ4v) is 2.49. The molecule has 6 heteroatoms. The number of nitrogens with zero attached hydrogens (tertiary/aromatic N) is 1. The van der Waals surface area contributed by atoms with Gasteiger partial charge in [0.1, 0.15) is 6.04 Å². The highest BCUT2D eigenvalue weighted by atomic mass is 35.5. The lowest BCUT2D eigenvalue weighted by atomic mass is 9.93. The van der Waals surface area contributed by atoms with Gasteiger partial charge in [-0.25, -0.2) is 0 Å². The van der Waals surface area contributed by atoms with Crippen molar-refractivity contribution in [3.05, 3.63) is 35.4 Å². The van der Waals surface area contributed by atoms with Gasteiger partial charge in [-0.15, -0.1) is 12.4 Å². The summed E-state index contributed by atoms with van der Waals surface area (Å²) in [5, 5.41) is 12.0. The normalized spacial score (nSPS) is 13.5. The van der Waals surface area contributed by atoms with Gasteiger partial charge in [0.05, 0.1) is 12.6 Å². The summed E-state index contributed by atoms with van der Waals surface area (Å²) in [6, 6.07) is 7.53. The van der Waals surface area contributed by atoms with Crippen LogP contribution in [-0.2, 0) is 9.59 Å². The first-order valence-electron chi connectivity index (χ1n) is 8.45. The van der Waals surface area contributed by atoms with Gasteiger partial charge in [-0.05, 0) is 36.9 Å². The number of likely N-dealkylation sites (N-methyl/N-ethyl adjacent to an activating group) is 1. The molecule has 0 aromatic heterocycles. The van der Waals surface area contributed by atoms with Crippen LogP contribution in [0.15, 0.2) is 24.3 Å². The van der Waals surface area contributed by atoms with Gasteiger partial charge in [0.25, 0.3) is 0 Å². The lowest BCUT2D eigenvalue weighted by molar-refractivity contribution is -0.142. The van der Waals surface area contributed by atoms with Crippen LogP contribution >= 0.6 is 12.4 Å². The van der Waals surface area contributed by atoms with Gasteiger partial charge in [-0.1, -0.05) is 52.0 Å². The van der Waals surface area contributed by atoms with E-state index in [9.17, 15) is 9.59 Å². The second kappa shape index (κ2) is 10.4. The molecule has 2 unspecified atom stereocenters. The molecule has 0 bridgehead atoms. The van der Waals surface area contributed by atoms with Gasteiger partial charge in [-0.2, -0.15) is 0 Å². The standard InChI is InChI=1S/C19H30N2O3.ClH/c1-12(2)15-7-9-16(10-8-15)18(13(3)4)20-17(22)11-21(6)14(5)19(23)24;/h7-10,12-14,18H,11H2,1-6H3,(H,20,22)(H,23,24);1H. The largest absolute Gasteiger partial charge is 0.480 e. The van der Waals surface area contributed by atoms with Crippen molar-refractivity contribution >= 4 is 24.3 Å². The minimum atomic E-state index is -0.935. The fraction of sp³-hybridized carbons (Fsp3) is 0.579. The molecule has 5 nitrogen and oxygen atoms in total. The molecule has 2 atom stereocenters. The van der Waals surface area contributed by atoms with E-state index < -0.39 is 12.0 Å². The monoisotopic (exact) mass is 370 g/mol. The van der Waals surface area contributed by atoms with E-state index in [2.05, 4.69) is 57.3 Å². The average Bonchev–Trinajstić information content (AvgIpc) is 2.51. The summed E-state index contributed by atoms with van der Waals surface area (Å²) in [4.78, 5) is 24.8. The van der Waals surface area contributed by atoms with Crippen molar-refractivity contribution in [1.82, 2.24) is 10.2 Å². The van der Waals surface area contributed by atoms with Crippen LogP contribution in [-0.4, -0.2) is 41.5 Å². The zero-order valence-electron chi connectivity index (χ0n) is 15.9. The molecular formula is C19H31ClN2O3. The number of benzene rings is 1. The first kappa shape index (κ1) is 23.4. The molecule has 25 heavy (non-hydrogen) atoms. The molecule has 2 N–H and O–H groups in total. The molecule has 0 aliphatic rings. The molecule has 0 spiro atoms. The second-order valence-corrected chi connectivity index (χ2v) is 7.04. The van der Waals surface area contributed by atoms with Gasteiger partial charge < -0.3 is 10.4 Å². The Balaban J connectivity index is 0.00000576. The summed E-state index contributed by atoms with van der Waals surface area (Å²) in [5.74, 6) is -0.398. The molecule has 1 aromatic carbocycles. The van der Waals surface area contributed by atoms with Crippen LogP contribution < -0.4 is 5.32 Å². The highest BCUT2D eigenvalue weighted by Crippen LogP contribution is 2.24. The maximum Gasteiger partial charge on any atom is 0.320 e. The summed E-state index contributed by atoms with van der Waals surface area (Å²) < 4.78 is 0. The smallest absolute Gasteiger partial charge is 0.320 e. The van der Waals surface area contributed by atoms with Crippen molar-refractivity contribution in [2.45, 2.75) is 52.6 Å². The Labute approximate surface area is 157 Å². The SMILES string of the molecule is CC(C)c1ccc(C(NC(=O)CN(C)C(C)C(=O)O)C(C)C)cc1.Cl. The minimum Gasteiger partial charge on any atom is -0.480 e. The van der Waals surface area contributed by atoms with Crippen LogP contribution in [0.2, 0.25) is 0 Å². The Morgan fingerprint density at radius 1 is 1.04 bits per heavy atom. The number of carboxylic acid groups (broad SMARTS) is 1. The third kappa shape index (κ3) is 7.04. The fourth-order valence-electron chi connectivity index (χ4n) is 2.49. The van der Waals surface area contributed by atoms with Crippen molar-refractivity contribution in [2.24, 2.45) is 5.92 Å². The number of hydrogen-bond donors (Lipinski definition) is 2. The molecule has 1 amide bonds. The van der Waals surface area contributed by atoms with E-state index in [4.69, 9.17) is 5.11 Å². The molecule has 0 saturated heterocycles. The van der Waals surface area contributed by atoms with Gasteiger partial charge in [0.2, 0.25) is 5.91 Å². The molecule has 1 aromatic rings. The van der Waals surface area contributed by atoms with Gasteiger partial charge in [-0.3, -0.25) is 14.5 Å². The van der Waals surface area contributed by atoms with E-state index in [-0.39, 0.29) is 36.8 Å². The number of nitrogens with one attached hydrogen (secondary N) is 1. The van der Waals surface area contributed by atoms with E-state index in [0.29, 0.717) is 5.92 Å². The Morgan fingerprint density at radius 2 is 1.52 bits per heavy atom. The third-order valence-corrected chi connectivity index (χ3v) is 4.36. The number of hydrogen-bond acceptors (Lipinski definition) is 3. The van der Waals surface area contributed by atoms with Crippen molar-refractivity contribution in [3.8, 4) is 0 Å². The van der Waals surface area contributed by atoms with Crippen molar-refractivity contribution in [1.29, 1.82) is 0 Å². The molecule has 0 aliphatic carbocycles. The summed E-state index contributed by atoms with van der Waals surface area (Å²) >= 11 is 0. The maximum atomic E-state index is 12.3. The average molecular weight is 371 g/mol. The summed E-state index contributed by atoms with van der Waals surface area (Å²) in [6.45, 7) is 10.0. The van der Waals surface area contributed by atoms with Crippen LogP contribution in [0.5, 0.6) is 0 Å². The van der Waals surface area contributed by atoms with Crippen LogP contribution in [0.4, 0.5) is 0 Å². The molecule has 1 rings (SSSR count). The van der Waals surface area contributed by atoms with E-state index in [1.165, 1.54) is 10.5 Å². The molecule has 0 fully saturated rings. The number of amides is 1. The molecular weight excluding hydrogens is 340 g/mol. The van der Waals surface area contributed by atoms with E-state index in [1.807, 2.05) is 0 Å². The lowest BCUT2D eigenvalue weighted by Crippen LogP contribution is -2.44. The minimum absolute atomic E-state index is 0. The van der Waals surface area contributed by atoms with Crippen molar-refractivity contribution < 1.29 is 14.7 Å². The lowest BCUT2D eigenvalue weighted by Gasteiger charge is -2.26. The number of carbonyl (C=O) groups is 2. The first-order chi connectivity index (χ1) is 11.1. The van der Waals surface area contributed by atoms with Crippen LogP contribution in [0.25, 0.3) is 0 Å². The van der Waals surface area contributed by atoms with E-state index in [1.54, 1.807) is 14.0 Å². The Hall–Kier alpha value is -1.59. The summed E-state index contributed by atoms with van der Waals surface area (Å²) in [7, 11) is 1.64. The second-order valence-electron chi connectivity index (χ2n) is 7.04. The molecule has 0 radical (unpaired) electrons. The number of aliphatic carboxylic acids is 1. The number of carboxylic acids is 1. The summed E-state index contributed by atoms with van der Waals surface area (Å²) in [6.07, 6.45) is 0. The molecule has 0 aliphatic heterocycles. The molecule has 0 heterocycles. The van der Waals surface area contributed by atoms with Crippen LogP contribution in [0.3, 0.4) is 0 Å². The number of carbonyl (C=O) groups excluding carboxylic acids is 1. The maximum absolute atomic E-state index is 12.3. The predicted molar refractivity (Wildman–Crippen MR) is 103 cm³/mol. The van der Waals surface area contributed by atoms with Crippen molar-refractivity contribution in [2.75, 3.05) is 13.6 Å². The zero-order valence-corrected chi connectivity index (χ0v) is 16.8. The van der Waals surface area contributed by atoms with E-state index in [0.717, 1.165) is 5.56 Å². The Kier molecular flexibility index (Phi) is 9.75. The van der Waals surface area contributed by atoms with E-state index >= 15 is 0 Å². The zero-order chi connectivity index (χ0) is 18.4. The first-order valence-corrected chi connectivity index (χ1v) is 8.45. The quantitative estimate of drug-likeness (QED) is 0.735. The highest BCUT2D eigenvalue weighted by molar-refractivity contribution is 5.85. The van der Waals surface area contributed by atoms with Gasteiger partial charge in [0.15, 0.2) is 0 Å². The topological polar surface area (TPSA) is 69.6 Å². The highest BCUT2D eigenvalue weighted by Gasteiger charge is 2.22. The summed E-state index contributed by atoms with van der Waals surface area (Å²) in [5.41, 5.74) is 2.33. The predicted octanol–water partition coefficient (Wildman–Crippen LogP) is 3.45. The van der Waals surface area contributed by atoms with Crippen LogP contribution in [0, 0.1) is 5.92 Å². The number of rotatable bonds is 8. The van der Waals surface area contributed by atoms with Gasteiger partial charge in [0, 0.05) is 0 Å². The Morgan fingerprint density at radius 3 is 1.92 bits per heavy atom. The van der Waals surface area contributed by atoms with Crippen LogP contribution in [0.1, 0.15) is 57.7 Å². The molecule has 0 saturated carbocycles. The third-order valence-electron chi connectivity index (χ3n) is 4.36.